The molecule has 0 N–H and O–H groups in total. The third kappa shape index (κ3) is 5.67. The average Bonchev–Trinajstić information content (AvgIpc) is 2.33. The molecule has 0 aromatic carbocycles. The number of rotatable bonds is 5. The molecular formula is C15H28N2O. The van der Waals surface area contributed by atoms with E-state index in [2.05, 4.69) is 32.3 Å². The summed E-state index contributed by atoms with van der Waals surface area (Å²) in [6, 6.07) is 0. The molecule has 3 nitrogen and oxygen atoms in total. The lowest BCUT2D eigenvalue weighted by Crippen LogP contribution is -2.48. The Morgan fingerprint density at radius 3 is 2.28 bits per heavy atom. The number of amides is 1. The number of carbonyl (C=O) groups is 1. The zero-order chi connectivity index (χ0) is 13.6. The minimum atomic E-state index is 0.0717. The summed E-state index contributed by atoms with van der Waals surface area (Å²) in [5.74, 6) is 0.0717. The Balaban J connectivity index is 2.12. The number of unbranched alkanes of at least 4 members (excludes halogenated alkanes) is 1. The van der Waals surface area contributed by atoms with Gasteiger partial charge in [0.25, 0.3) is 0 Å². The molecule has 1 heterocycles. The summed E-state index contributed by atoms with van der Waals surface area (Å²) in [4.78, 5) is 15.8. The Hall–Kier alpha value is -0.830. The third-order valence-electron chi connectivity index (χ3n) is 3.51. The van der Waals surface area contributed by atoms with Crippen molar-refractivity contribution < 1.29 is 4.79 Å². The highest BCUT2D eigenvalue weighted by molar-refractivity contribution is 5.87. The predicted molar refractivity (Wildman–Crippen MR) is 76.5 cm³/mol. The highest BCUT2D eigenvalue weighted by atomic mass is 16.2. The van der Waals surface area contributed by atoms with Gasteiger partial charge in [0.2, 0.25) is 5.91 Å². The molecule has 3 heteroatoms. The van der Waals surface area contributed by atoms with Crippen LogP contribution in [-0.4, -0.2) is 48.4 Å². The predicted octanol–water partition coefficient (Wildman–Crippen LogP) is 2.53. The summed E-state index contributed by atoms with van der Waals surface area (Å²) in [6.45, 7) is 15.3. The second kappa shape index (κ2) is 6.93. The average molecular weight is 252 g/mol. The van der Waals surface area contributed by atoms with Crippen LogP contribution in [0.4, 0.5) is 0 Å². The lowest BCUT2D eigenvalue weighted by atomic mass is 9.90. The maximum atomic E-state index is 11.4. The summed E-state index contributed by atoms with van der Waals surface area (Å²) in [7, 11) is 0. The van der Waals surface area contributed by atoms with E-state index in [4.69, 9.17) is 0 Å². The second-order valence-corrected chi connectivity index (χ2v) is 6.39. The zero-order valence-corrected chi connectivity index (χ0v) is 12.2. The second-order valence-electron chi connectivity index (χ2n) is 6.39. The molecule has 0 radical (unpaired) electrons. The van der Waals surface area contributed by atoms with Gasteiger partial charge in [0.1, 0.15) is 0 Å². The first-order valence-electron chi connectivity index (χ1n) is 7.06. The smallest absolute Gasteiger partial charge is 0.246 e. The van der Waals surface area contributed by atoms with Crippen LogP contribution in [-0.2, 0) is 4.79 Å². The quantitative estimate of drug-likeness (QED) is 0.554. The Kier molecular flexibility index (Phi) is 5.86. The topological polar surface area (TPSA) is 23.6 Å². The Morgan fingerprint density at radius 2 is 1.78 bits per heavy atom. The molecule has 1 saturated heterocycles. The van der Waals surface area contributed by atoms with E-state index in [-0.39, 0.29) is 5.91 Å². The number of hydrogen-bond donors (Lipinski definition) is 0. The van der Waals surface area contributed by atoms with Gasteiger partial charge in [0.05, 0.1) is 0 Å². The molecule has 0 aliphatic carbocycles. The molecule has 18 heavy (non-hydrogen) atoms. The molecule has 1 aliphatic rings. The van der Waals surface area contributed by atoms with E-state index in [1.165, 1.54) is 31.9 Å². The van der Waals surface area contributed by atoms with Crippen LogP contribution < -0.4 is 0 Å². The van der Waals surface area contributed by atoms with Crippen LogP contribution in [0.3, 0.4) is 0 Å². The van der Waals surface area contributed by atoms with Crippen molar-refractivity contribution in [1.82, 2.24) is 9.80 Å². The highest BCUT2D eigenvalue weighted by Gasteiger charge is 2.18. The van der Waals surface area contributed by atoms with E-state index in [0.29, 0.717) is 5.41 Å². The summed E-state index contributed by atoms with van der Waals surface area (Å²) < 4.78 is 0. The van der Waals surface area contributed by atoms with Gasteiger partial charge < -0.3 is 4.90 Å². The Morgan fingerprint density at radius 1 is 1.17 bits per heavy atom. The molecule has 0 aromatic heterocycles. The maximum absolute atomic E-state index is 11.4. The standard InChI is InChI=1S/C15H28N2O/c1-5-14(18)17-12-10-16(11-13-17)9-7-6-8-15(2,3)4/h5H,1,6-13H2,2-4H3. The Labute approximate surface area is 112 Å². The van der Waals surface area contributed by atoms with Gasteiger partial charge in [-0.3, -0.25) is 9.69 Å². The first-order valence-corrected chi connectivity index (χ1v) is 7.06. The van der Waals surface area contributed by atoms with Gasteiger partial charge in [-0.1, -0.05) is 33.8 Å². The zero-order valence-electron chi connectivity index (χ0n) is 12.2. The van der Waals surface area contributed by atoms with Crippen molar-refractivity contribution in [3.8, 4) is 0 Å². The molecule has 0 bridgehead atoms. The van der Waals surface area contributed by atoms with Crippen molar-refractivity contribution in [2.45, 2.75) is 40.0 Å². The lowest BCUT2D eigenvalue weighted by Gasteiger charge is -2.34. The first kappa shape index (κ1) is 15.2. The number of hydrogen-bond acceptors (Lipinski definition) is 2. The highest BCUT2D eigenvalue weighted by Crippen LogP contribution is 2.21. The lowest BCUT2D eigenvalue weighted by molar-refractivity contribution is -0.127. The van der Waals surface area contributed by atoms with Crippen LogP contribution in [0, 0.1) is 5.41 Å². The van der Waals surface area contributed by atoms with Crippen LogP contribution in [0.2, 0.25) is 0 Å². The van der Waals surface area contributed by atoms with E-state index in [1.807, 2.05) is 4.90 Å². The number of nitrogens with zero attached hydrogens (tertiary/aromatic N) is 2. The van der Waals surface area contributed by atoms with Crippen LogP contribution in [0.15, 0.2) is 12.7 Å². The van der Waals surface area contributed by atoms with Gasteiger partial charge in [-0.2, -0.15) is 0 Å². The van der Waals surface area contributed by atoms with Gasteiger partial charge in [0, 0.05) is 26.2 Å². The molecular weight excluding hydrogens is 224 g/mol. The Bertz CT molecular complexity index is 273. The van der Waals surface area contributed by atoms with Crippen molar-refractivity contribution in [3.05, 3.63) is 12.7 Å². The van der Waals surface area contributed by atoms with Crippen LogP contribution in [0.1, 0.15) is 40.0 Å². The minimum Gasteiger partial charge on any atom is -0.337 e. The fourth-order valence-electron chi connectivity index (χ4n) is 2.31. The van der Waals surface area contributed by atoms with Gasteiger partial charge in [0.15, 0.2) is 0 Å². The minimum absolute atomic E-state index is 0.0717. The van der Waals surface area contributed by atoms with Gasteiger partial charge >= 0.3 is 0 Å². The van der Waals surface area contributed by atoms with Crippen molar-refractivity contribution in [3.63, 3.8) is 0 Å². The van der Waals surface area contributed by atoms with Gasteiger partial charge in [-0.05, 0) is 30.9 Å². The van der Waals surface area contributed by atoms with Crippen molar-refractivity contribution >= 4 is 5.91 Å². The van der Waals surface area contributed by atoms with E-state index in [9.17, 15) is 4.79 Å². The largest absolute Gasteiger partial charge is 0.337 e. The summed E-state index contributed by atoms with van der Waals surface area (Å²) in [5.41, 5.74) is 0.453. The molecule has 1 rings (SSSR count). The number of carbonyl (C=O) groups excluding carboxylic acids is 1. The monoisotopic (exact) mass is 252 g/mol. The SMILES string of the molecule is C=CC(=O)N1CCN(CCCCC(C)(C)C)CC1. The van der Waals surface area contributed by atoms with E-state index < -0.39 is 0 Å². The molecule has 1 amide bonds. The first-order chi connectivity index (χ1) is 8.42. The van der Waals surface area contributed by atoms with Crippen molar-refractivity contribution in [1.29, 1.82) is 0 Å². The molecule has 1 fully saturated rings. The molecule has 1 aliphatic heterocycles. The summed E-state index contributed by atoms with van der Waals surface area (Å²) in [6.07, 6.45) is 5.28. The molecule has 104 valence electrons. The summed E-state index contributed by atoms with van der Waals surface area (Å²) in [5, 5.41) is 0. The normalized spacial score (nSPS) is 17.8. The maximum Gasteiger partial charge on any atom is 0.246 e. The van der Waals surface area contributed by atoms with Gasteiger partial charge in [-0.25, -0.2) is 0 Å². The van der Waals surface area contributed by atoms with E-state index >= 15 is 0 Å². The molecule has 0 aromatic rings. The van der Waals surface area contributed by atoms with Crippen molar-refractivity contribution in [2.24, 2.45) is 5.41 Å². The fourth-order valence-corrected chi connectivity index (χ4v) is 2.31. The number of piperazine rings is 1. The van der Waals surface area contributed by atoms with Crippen molar-refractivity contribution in [2.75, 3.05) is 32.7 Å². The molecule has 0 spiro atoms. The third-order valence-corrected chi connectivity index (χ3v) is 3.51. The fraction of sp³-hybridized carbons (Fsp3) is 0.800. The van der Waals surface area contributed by atoms with E-state index in [1.54, 1.807) is 0 Å². The summed E-state index contributed by atoms with van der Waals surface area (Å²) >= 11 is 0. The van der Waals surface area contributed by atoms with Crippen LogP contribution >= 0.6 is 0 Å². The molecule has 0 atom stereocenters. The van der Waals surface area contributed by atoms with Gasteiger partial charge in [-0.15, -0.1) is 0 Å². The van der Waals surface area contributed by atoms with Crippen LogP contribution in [0.25, 0.3) is 0 Å². The molecule has 0 unspecified atom stereocenters. The van der Waals surface area contributed by atoms with Crippen LogP contribution in [0.5, 0.6) is 0 Å². The van der Waals surface area contributed by atoms with E-state index in [0.717, 1.165) is 26.2 Å². The molecule has 0 saturated carbocycles.